The number of H-pyrrole nitrogens is 1. The molecule has 1 aromatic heterocycles. The molecule has 4 aromatic rings. The first-order valence-corrected chi connectivity index (χ1v) is 15.0. The fourth-order valence-corrected chi connectivity index (χ4v) is 6.25. The normalized spacial score (nSPS) is 18.7. The van der Waals surface area contributed by atoms with Crippen LogP contribution in [0.15, 0.2) is 72.8 Å². The van der Waals surface area contributed by atoms with Crippen molar-refractivity contribution in [1.82, 2.24) is 15.6 Å². The summed E-state index contributed by atoms with van der Waals surface area (Å²) in [5.74, 6) is -0.641. The Balaban J connectivity index is 1.22. The third-order valence-electron chi connectivity index (χ3n) is 8.77. The van der Waals surface area contributed by atoms with Gasteiger partial charge in [-0.05, 0) is 79.1 Å². The minimum Gasteiger partial charge on any atom is -0.391 e. The molecule has 2 aliphatic rings. The van der Waals surface area contributed by atoms with E-state index in [2.05, 4.69) is 27.9 Å². The third kappa shape index (κ3) is 5.56. The minimum absolute atomic E-state index is 0.148. The zero-order valence-corrected chi connectivity index (χ0v) is 25.0. The van der Waals surface area contributed by atoms with Gasteiger partial charge in [0, 0.05) is 34.7 Å². The van der Waals surface area contributed by atoms with E-state index in [1.165, 1.54) is 0 Å². The van der Waals surface area contributed by atoms with Gasteiger partial charge in [-0.3, -0.25) is 14.4 Å². The first-order valence-electron chi connectivity index (χ1n) is 15.0. The number of rotatable bonds is 7. The molecule has 2 heterocycles. The third-order valence-corrected chi connectivity index (χ3v) is 8.77. The Morgan fingerprint density at radius 3 is 2.57 bits per heavy atom. The lowest BCUT2D eigenvalue weighted by atomic mass is 9.85. The average Bonchev–Trinajstić information content (AvgIpc) is 3.50. The van der Waals surface area contributed by atoms with Crippen LogP contribution in [0.2, 0.25) is 0 Å². The largest absolute Gasteiger partial charge is 0.391 e. The van der Waals surface area contributed by atoms with E-state index in [1.807, 2.05) is 68.4 Å². The molecule has 6 rings (SSSR count). The van der Waals surface area contributed by atoms with Gasteiger partial charge >= 0.3 is 0 Å². The number of hydrogen-bond acceptors (Lipinski definition) is 4. The van der Waals surface area contributed by atoms with Crippen LogP contribution in [-0.2, 0) is 11.2 Å². The highest BCUT2D eigenvalue weighted by Crippen LogP contribution is 2.35. The summed E-state index contributed by atoms with van der Waals surface area (Å²) in [6.45, 7) is 6.19. The number of aliphatic hydroxyl groups is 1. The maximum atomic E-state index is 13.6. The molecule has 0 spiro atoms. The molecular formula is C36H36N4O4. The van der Waals surface area contributed by atoms with Crippen LogP contribution in [0.25, 0.3) is 11.6 Å². The second-order valence-electron chi connectivity index (χ2n) is 11.7. The molecule has 0 saturated carbocycles. The summed E-state index contributed by atoms with van der Waals surface area (Å²) < 4.78 is 0. The monoisotopic (exact) mass is 588 g/mol. The molecule has 3 aromatic carbocycles. The molecule has 0 radical (unpaired) electrons. The number of amides is 3. The fraction of sp³-hybridized carbons (Fsp3) is 0.250. The van der Waals surface area contributed by atoms with Crippen LogP contribution in [0.1, 0.15) is 85.2 Å². The number of benzene rings is 3. The van der Waals surface area contributed by atoms with Crippen molar-refractivity contribution in [2.75, 3.05) is 11.9 Å². The fourth-order valence-electron chi connectivity index (χ4n) is 6.25. The minimum atomic E-state index is -0.679. The quantitative estimate of drug-likeness (QED) is 0.185. The molecule has 3 atom stereocenters. The van der Waals surface area contributed by atoms with Gasteiger partial charge in [-0.1, -0.05) is 61.5 Å². The number of aromatic nitrogens is 1. The van der Waals surface area contributed by atoms with Crippen molar-refractivity contribution < 1.29 is 19.5 Å². The number of carbonyl (C=O) groups excluding carboxylic acids is 3. The molecular weight excluding hydrogens is 552 g/mol. The lowest BCUT2D eigenvalue weighted by molar-refractivity contribution is -0.110. The topological polar surface area (TPSA) is 123 Å². The average molecular weight is 589 g/mol. The number of carbonyl (C=O) groups is 3. The molecule has 5 N–H and O–H groups in total. The summed E-state index contributed by atoms with van der Waals surface area (Å²) in [6, 6.07) is 22.5. The van der Waals surface area contributed by atoms with Crippen LogP contribution in [-0.4, -0.2) is 40.5 Å². The van der Waals surface area contributed by atoms with Crippen LogP contribution in [0.5, 0.6) is 0 Å². The Hall–Kier alpha value is -4.95. The molecule has 1 aliphatic carbocycles. The van der Waals surface area contributed by atoms with Crippen LogP contribution in [0.3, 0.4) is 0 Å². The lowest BCUT2D eigenvalue weighted by Gasteiger charge is -2.31. The van der Waals surface area contributed by atoms with Gasteiger partial charge in [-0.2, -0.15) is 0 Å². The van der Waals surface area contributed by atoms with E-state index in [-0.39, 0.29) is 23.6 Å². The first-order chi connectivity index (χ1) is 21.2. The van der Waals surface area contributed by atoms with Crippen molar-refractivity contribution in [2.24, 2.45) is 0 Å². The van der Waals surface area contributed by atoms with Gasteiger partial charge in [-0.25, -0.2) is 0 Å². The Bertz CT molecular complexity index is 1790. The van der Waals surface area contributed by atoms with Crippen molar-refractivity contribution in [1.29, 1.82) is 0 Å². The summed E-state index contributed by atoms with van der Waals surface area (Å²) >= 11 is 0. The predicted molar refractivity (Wildman–Crippen MR) is 171 cm³/mol. The number of fused-ring (bicyclic) bond motifs is 2. The Kier molecular flexibility index (Phi) is 7.93. The maximum absolute atomic E-state index is 13.6. The van der Waals surface area contributed by atoms with E-state index in [9.17, 15) is 19.5 Å². The maximum Gasteiger partial charge on any atom is 0.256 e. The number of aromatic amines is 1. The van der Waals surface area contributed by atoms with E-state index >= 15 is 0 Å². The van der Waals surface area contributed by atoms with Crippen molar-refractivity contribution in [3.05, 3.63) is 123 Å². The highest BCUT2D eigenvalue weighted by Gasteiger charge is 2.31. The van der Waals surface area contributed by atoms with Crippen LogP contribution >= 0.6 is 0 Å². The van der Waals surface area contributed by atoms with Crippen LogP contribution in [0.4, 0.5) is 5.69 Å². The molecule has 44 heavy (non-hydrogen) atoms. The van der Waals surface area contributed by atoms with Crippen LogP contribution in [0, 0.1) is 13.8 Å². The van der Waals surface area contributed by atoms with Crippen molar-refractivity contribution in [3.63, 3.8) is 0 Å². The Morgan fingerprint density at radius 2 is 1.77 bits per heavy atom. The number of aliphatic hydroxyl groups excluding tert-OH is 1. The van der Waals surface area contributed by atoms with E-state index in [0.29, 0.717) is 57.9 Å². The summed E-state index contributed by atoms with van der Waals surface area (Å²) in [5.41, 5.74) is 7.76. The van der Waals surface area contributed by atoms with E-state index in [1.54, 1.807) is 24.3 Å². The van der Waals surface area contributed by atoms with E-state index in [4.69, 9.17) is 0 Å². The molecule has 0 bridgehead atoms. The molecule has 1 aliphatic heterocycles. The molecule has 0 fully saturated rings. The van der Waals surface area contributed by atoms with Gasteiger partial charge in [0.15, 0.2) is 0 Å². The van der Waals surface area contributed by atoms with Gasteiger partial charge in [-0.15, -0.1) is 0 Å². The van der Waals surface area contributed by atoms with E-state index in [0.717, 1.165) is 23.1 Å². The van der Waals surface area contributed by atoms with Crippen LogP contribution < -0.4 is 16.0 Å². The SMILES string of the molecule is Cc1[nH]c(/C=C2\C(=O)Nc3ccc(C(=O)NC[C@H](C)c4ccccc4)cc32)c(C)c1C(=O)N[C@H]1c2ccccc2CC[C@H]1O. The molecule has 0 saturated heterocycles. The molecule has 224 valence electrons. The Labute approximate surface area is 256 Å². The zero-order valence-electron chi connectivity index (χ0n) is 25.0. The molecule has 0 unspecified atom stereocenters. The standard InChI is InChI=1S/C36H36N4O4/c1-20(23-9-5-4-6-10-23)19-37-34(42)25-13-15-29-27(17-25)28(35(43)39-29)18-30-21(2)32(22(3)38-30)36(44)40-33-26-12-8-7-11-24(26)14-16-31(33)41/h4-13,15,17-18,20,31,33,38,41H,14,16,19H2,1-3H3,(H,37,42)(H,39,43)(H,40,44)/b28-18-/t20-,31+,33-/m0/s1. The molecule has 8 nitrogen and oxygen atoms in total. The first kappa shape index (κ1) is 29.1. The van der Waals surface area contributed by atoms with Gasteiger partial charge in [0.1, 0.15) is 0 Å². The molecule has 8 heteroatoms. The lowest BCUT2D eigenvalue weighted by Crippen LogP contribution is -2.39. The number of anilines is 1. The van der Waals surface area contributed by atoms with E-state index < -0.39 is 12.1 Å². The second kappa shape index (κ2) is 12.0. The van der Waals surface area contributed by atoms with Gasteiger partial charge < -0.3 is 26.0 Å². The van der Waals surface area contributed by atoms with Gasteiger partial charge in [0.2, 0.25) is 0 Å². The van der Waals surface area contributed by atoms with Crippen molar-refractivity contribution in [3.8, 4) is 0 Å². The summed E-state index contributed by atoms with van der Waals surface area (Å²) in [5, 5.41) is 19.7. The predicted octanol–water partition coefficient (Wildman–Crippen LogP) is 5.44. The smallest absolute Gasteiger partial charge is 0.256 e. The highest BCUT2D eigenvalue weighted by molar-refractivity contribution is 6.35. The van der Waals surface area contributed by atoms with Gasteiger partial charge in [0.05, 0.1) is 23.3 Å². The summed E-state index contributed by atoms with van der Waals surface area (Å²) in [4.78, 5) is 42.9. The highest BCUT2D eigenvalue weighted by atomic mass is 16.3. The number of nitrogens with one attached hydrogen (secondary N) is 4. The van der Waals surface area contributed by atoms with Crippen molar-refractivity contribution >= 4 is 35.1 Å². The number of hydrogen-bond donors (Lipinski definition) is 5. The summed E-state index contributed by atoms with van der Waals surface area (Å²) in [7, 11) is 0. The second-order valence-corrected chi connectivity index (χ2v) is 11.7. The zero-order chi connectivity index (χ0) is 31.0. The van der Waals surface area contributed by atoms with Gasteiger partial charge in [0.25, 0.3) is 17.7 Å². The molecule has 3 amide bonds. The Morgan fingerprint density at radius 1 is 1.02 bits per heavy atom. The number of aryl methyl sites for hydroxylation is 2. The van der Waals surface area contributed by atoms with Crippen molar-refractivity contribution in [2.45, 2.75) is 51.7 Å². The summed E-state index contributed by atoms with van der Waals surface area (Å²) in [6.07, 6.45) is 2.39.